The fourth-order valence-corrected chi connectivity index (χ4v) is 3.21. The Hall–Kier alpha value is -3.42. The highest BCUT2D eigenvalue weighted by Crippen LogP contribution is 2.32. The van der Waals surface area contributed by atoms with Crippen LogP contribution in [-0.4, -0.2) is 29.7 Å². The zero-order valence-electron chi connectivity index (χ0n) is 12.5. The van der Waals surface area contributed by atoms with Crippen LogP contribution in [0.15, 0.2) is 35.3 Å². The van der Waals surface area contributed by atoms with E-state index in [9.17, 15) is 9.18 Å². The van der Waals surface area contributed by atoms with Crippen molar-refractivity contribution in [2.24, 2.45) is 0 Å². The van der Waals surface area contributed by atoms with Crippen LogP contribution in [0.3, 0.4) is 0 Å². The third-order valence-electron chi connectivity index (χ3n) is 4.24. The predicted molar refractivity (Wildman–Crippen MR) is 87.9 cm³/mol. The number of H-pyrrole nitrogens is 3. The lowest BCUT2D eigenvalue weighted by Crippen LogP contribution is -1.99. The lowest BCUT2D eigenvalue weighted by atomic mass is 10.2. The fourth-order valence-electron chi connectivity index (χ4n) is 3.21. The van der Waals surface area contributed by atoms with Crippen molar-refractivity contribution in [2.45, 2.75) is 6.92 Å². The molecule has 0 amide bonds. The average molecular weight is 322 g/mol. The first kappa shape index (κ1) is 13.1. The summed E-state index contributed by atoms with van der Waals surface area (Å²) in [4.78, 5) is 21.3. The van der Waals surface area contributed by atoms with Gasteiger partial charge in [-0.05, 0) is 31.2 Å². The van der Waals surface area contributed by atoms with Crippen molar-refractivity contribution in [1.29, 1.82) is 0 Å². The number of hydrogen-bond acceptors (Lipinski definition) is 3. The molecule has 5 rings (SSSR count). The van der Waals surface area contributed by atoms with Gasteiger partial charge in [0.05, 0.1) is 39.6 Å². The number of hydrogen-bond donors (Lipinski definition) is 3. The van der Waals surface area contributed by atoms with E-state index in [0.717, 1.165) is 33.3 Å². The van der Waals surface area contributed by atoms with Crippen LogP contribution >= 0.6 is 0 Å². The highest BCUT2D eigenvalue weighted by Gasteiger charge is 2.17. The van der Waals surface area contributed by atoms with Crippen molar-refractivity contribution in [3.63, 3.8) is 0 Å². The van der Waals surface area contributed by atoms with E-state index in [-0.39, 0.29) is 11.5 Å². The molecule has 0 spiro atoms. The maximum absolute atomic E-state index is 13.7. The third-order valence-corrected chi connectivity index (χ3v) is 4.24. The van der Waals surface area contributed by atoms with E-state index in [1.807, 2.05) is 17.6 Å². The van der Waals surface area contributed by atoms with E-state index in [2.05, 4.69) is 25.1 Å². The van der Waals surface area contributed by atoms with E-state index in [1.165, 1.54) is 12.1 Å². The zero-order chi connectivity index (χ0) is 16.4. The molecular weight excluding hydrogens is 311 g/mol. The van der Waals surface area contributed by atoms with Crippen LogP contribution in [0.2, 0.25) is 0 Å². The molecule has 0 atom stereocenters. The molecule has 0 aliphatic rings. The molecule has 0 bridgehead atoms. The van der Waals surface area contributed by atoms with Gasteiger partial charge in [0.1, 0.15) is 5.82 Å². The van der Waals surface area contributed by atoms with Crippen LogP contribution < -0.4 is 5.69 Å². The average Bonchev–Trinajstić information content (AvgIpc) is 3.20. The molecule has 7 nitrogen and oxygen atoms in total. The molecule has 24 heavy (non-hydrogen) atoms. The molecule has 0 fully saturated rings. The van der Waals surface area contributed by atoms with Crippen molar-refractivity contribution in [1.82, 2.24) is 29.7 Å². The Labute approximate surface area is 133 Å². The Morgan fingerprint density at radius 1 is 1.17 bits per heavy atom. The van der Waals surface area contributed by atoms with Crippen LogP contribution in [0.1, 0.15) is 5.69 Å². The number of aromatic amines is 3. The number of benzene rings is 1. The maximum Gasteiger partial charge on any atom is 0.325 e. The molecule has 8 heteroatoms. The van der Waals surface area contributed by atoms with Gasteiger partial charge in [-0.1, -0.05) is 0 Å². The molecule has 3 N–H and O–H groups in total. The molecule has 5 aromatic rings. The smallest absolute Gasteiger partial charge is 0.304 e. The summed E-state index contributed by atoms with van der Waals surface area (Å²) in [5, 5.41) is 7.73. The van der Waals surface area contributed by atoms with Crippen LogP contribution in [0.4, 0.5) is 4.39 Å². The molecule has 4 heterocycles. The number of aryl methyl sites for hydroxylation is 1. The minimum Gasteiger partial charge on any atom is -0.304 e. The Kier molecular flexibility index (Phi) is 2.35. The molecule has 0 saturated carbocycles. The summed E-state index contributed by atoms with van der Waals surface area (Å²) in [5.41, 5.74) is 4.76. The van der Waals surface area contributed by atoms with E-state index in [0.29, 0.717) is 11.2 Å². The van der Waals surface area contributed by atoms with Gasteiger partial charge in [0.25, 0.3) is 0 Å². The first-order valence-electron chi connectivity index (χ1n) is 7.35. The van der Waals surface area contributed by atoms with Gasteiger partial charge < -0.3 is 9.55 Å². The van der Waals surface area contributed by atoms with Crippen molar-refractivity contribution in [2.75, 3.05) is 0 Å². The van der Waals surface area contributed by atoms with Crippen LogP contribution in [0.25, 0.3) is 38.8 Å². The Morgan fingerprint density at radius 2 is 2.04 bits per heavy atom. The summed E-state index contributed by atoms with van der Waals surface area (Å²) in [5.74, 6) is -0.309. The first-order valence-corrected chi connectivity index (χ1v) is 7.35. The van der Waals surface area contributed by atoms with Gasteiger partial charge in [0.2, 0.25) is 0 Å². The lowest BCUT2D eigenvalue weighted by molar-refractivity contribution is 0.629. The topological polar surface area (TPSA) is 95.1 Å². The fraction of sp³-hybridized carbons (Fsp3) is 0.0625. The Morgan fingerprint density at radius 3 is 2.92 bits per heavy atom. The second-order valence-corrected chi connectivity index (χ2v) is 5.70. The van der Waals surface area contributed by atoms with E-state index in [4.69, 9.17) is 0 Å². The summed E-state index contributed by atoms with van der Waals surface area (Å²) in [6.45, 7) is 1.86. The highest BCUT2D eigenvalue weighted by molar-refractivity contribution is 6.07. The molecule has 0 aliphatic carbocycles. The molecule has 0 saturated heterocycles. The molecule has 1 aromatic carbocycles. The monoisotopic (exact) mass is 322 g/mol. The van der Waals surface area contributed by atoms with E-state index < -0.39 is 0 Å². The first-order chi connectivity index (χ1) is 11.6. The Bertz CT molecular complexity index is 1310. The van der Waals surface area contributed by atoms with Gasteiger partial charge in [-0.2, -0.15) is 5.10 Å². The molecule has 4 aromatic heterocycles. The summed E-state index contributed by atoms with van der Waals surface area (Å²) >= 11 is 0. The summed E-state index contributed by atoms with van der Waals surface area (Å²) in [6, 6.07) is 6.48. The molecule has 118 valence electrons. The highest BCUT2D eigenvalue weighted by atomic mass is 19.1. The van der Waals surface area contributed by atoms with Crippen LogP contribution in [0, 0.1) is 12.7 Å². The van der Waals surface area contributed by atoms with Crippen molar-refractivity contribution >= 4 is 33.1 Å². The van der Waals surface area contributed by atoms with Gasteiger partial charge in [0, 0.05) is 5.39 Å². The zero-order valence-corrected chi connectivity index (χ0v) is 12.5. The van der Waals surface area contributed by atoms with Gasteiger partial charge >= 0.3 is 5.69 Å². The summed E-state index contributed by atoms with van der Waals surface area (Å²) in [7, 11) is 0. The minimum atomic E-state index is -0.309. The second kappa shape index (κ2) is 4.31. The predicted octanol–water partition coefficient (Wildman–Crippen LogP) is 2.52. The largest absolute Gasteiger partial charge is 0.325 e. The van der Waals surface area contributed by atoms with Gasteiger partial charge in [0.15, 0.2) is 5.65 Å². The quantitative estimate of drug-likeness (QED) is 0.442. The van der Waals surface area contributed by atoms with Gasteiger partial charge in [-0.15, -0.1) is 0 Å². The van der Waals surface area contributed by atoms with Gasteiger partial charge in [-0.3, -0.25) is 10.1 Å². The summed E-state index contributed by atoms with van der Waals surface area (Å²) < 4.78 is 15.6. The normalized spacial score (nSPS) is 11.9. The van der Waals surface area contributed by atoms with E-state index in [1.54, 1.807) is 12.3 Å². The second-order valence-electron chi connectivity index (χ2n) is 5.70. The minimum absolute atomic E-state index is 0.304. The number of fused-ring (bicyclic) bond motifs is 4. The van der Waals surface area contributed by atoms with E-state index >= 15 is 0 Å². The summed E-state index contributed by atoms with van der Waals surface area (Å²) in [6.07, 6.45) is 1.69. The van der Waals surface area contributed by atoms with Crippen molar-refractivity contribution in [3.8, 4) is 5.69 Å². The number of pyridine rings is 1. The molecule has 0 aliphatic heterocycles. The Balaban J connectivity index is 1.96. The lowest BCUT2D eigenvalue weighted by Gasteiger charge is -2.09. The van der Waals surface area contributed by atoms with Crippen LogP contribution in [0.5, 0.6) is 0 Å². The number of nitrogens with one attached hydrogen (secondary N) is 3. The SMILES string of the molecule is Cc1nc2[nH]c(=O)[nH]c2cc1-n1c2ccc(F)cc2c2[nH]ncc21. The van der Waals surface area contributed by atoms with Gasteiger partial charge in [-0.25, -0.2) is 14.2 Å². The molecule has 0 radical (unpaired) electrons. The van der Waals surface area contributed by atoms with Crippen molar-refractivity contribution in [3.05, 3.63) is 52.5 Å². The molecular formula is C16H11FN6O. The number of aromatic nitrogens is 6. The van der Waals surface area contributed by atoms with Crippen LogP contribution in [-0.2, 0) is 0 Å². The molecule has 0 unspecified atom stereocenters. The third kappa shape index (κ3) is 1.62. The number of rotatable bonds is 1. The number of imidazole rings is 1. The standard InChI is InChI=1S/C16H11FN6O/c1-7-12(5-10-15(19-7)21-16(24)20-10)23-11-3-2-8(17)4-9(11)14-13(23)6-18-22-14/h2-6H,1H3,(H,18,22)(H2,19,20,21,24). The number of halogens is 1. The van der Waals surface area contributed by atoms with Crippen molar-refractivity contribution < 1.29 is 4.39 Å². The maximum atomic E-state index is 13.7. The number of nitrogens with zero attached hydrogens (tertiary/aromatic N) is 3.